The zero-order valence-corrected chi connectivity index (χ0v) is 15.7. The van der Waals surface area contributed by atoms with E-state index in [0.29, 0.717) is 12.6 Å². The number of methoxy groups -OCH3 is 1. The van der Waals surface area contributed by atoms with Crippen molar-refractivity contribution in [1.29, 1.82) is 0 Å². The zero-order chi connectivity index (χ0) is 18.1. The SMILES string of the molecule is CCNC(=NCC(O)c1cccc(OC)c1)NCC1CCCN1CC. The summed E-state index contributed by atoms with van der Waals surface area (Å²) in [4.78, 5) is 7.04. The van der Waals surface area contributed by atoms with Crippen LogP contribution in [0, 0.1) is 0 Å². The summed E-state index contributed by atoms with van der Waals surface area (Å²) in [6, 6.07) is 8.05. The lowest BCUT2D eigenvalue weighted by Crippen LogP contribution is -2.45. The molecule has 0 saturated carbocycles. The van der Waals surface area contributed by atoms with Crippen molar-refractivity contribution in [2.24, 2.45) is 4.99 Å². The molecule has 1 aromatic rings. The van der Waals surface area contributed by atoms with E-state index in [-0.39, 0.29) is 0 Å². The normalized spacial score (nSPS) is 19.7. The van der Waals surface area contributed by atoms with Crippen molar-refractivity contribution in [1.82, 2.24) is 15.5 Å². The van der Waals surface area contributed by atoms with Gasteiger partial charge in [0.05, 0.1) is 19.8 Å². The molecule has 3 N–H and O–H groups in total. The first kappa shape index (κ1) is 19.5. The van der Waals surface area contributed by atoms with Gasteiger partial charge in [-0.15, -0.1) is 0 Å². The number of benzene rings is 1. The van der Waals surface area contributed by atoms with Crippen LogP contribution in [0.2, 0.25) is 0 Å². The lowest BCUT2D eigenvalue weighted by atomic mass is 10.1. The summed E-state index contributed by atoms with van der Waals surface area (Å²) in [7, 11) is 1.62. The Kier molecular flexibility index (Phi) is 8.01. The number of nitrogens with zero attached hydrogens (tertiary/aromatic N) is 2. The number of aliphatic imine (C=N–C) groups is 1. The molecular formula is C19H32N4O2. The van der Waals surface area contributed by atoms with Gasteiger partial charge < -0.3 is 20.5 Å². The monoisotopic (exact) mass is 348 g/mol. The molecule has 0 aliphatic carbocycles. The molecular weight excluding hydrogens is 316 g/mol. The van der Waals surface area contributed by atoms with Crippen LogP contribution >= 0.6 is 0 Å². The second-order valence-electron chi connectivity index (χ2n) is 6.32. The number of likely N-dealkylation sites (N-methyl/N-ethyl adjacent to an activating group) is 1. The highest BCUT2D eigenvalue weighted by molar-refractivity contribution is 5.79. The Morgan fingerprint density at radius 2 is 2.24 bits per heavy atom. The molecule has 1 fully saturated rings. The van der Waals surface area contributed by atoms with Crippen molar-refractivity contribution in [2.45, 2.75) is 38.8 Å². The van der Waals surface area contributed by atoms with Crippen LogP contribution in [0.25, 0.3) is 0 Å². The molecule has 2 atom stereocenters. The molecule has 1 saturated heterocycles. The third-order valence-corrected chi connectivity index (χ3v) is 4.66. The number of nitrogens with one attached hydrogen (secondary N) is 2. The summed E-state index contributed by atoms with van der Waals surface area (Å²) in [5.74, 6) is 1.50. The summed E-state index contributed by atoms with van der Waals surface area (Å²) in [5, 5.41) is 17.1. The lowest BCUT2D eigenvalue weighted by molar-refractivity contribution is 0.186. The summed E-state index contributed by atoms with van der Waals surface area (Å²) in [6.07, 6.45) is 1.85. The average Bonchev–Trinajstić information content (AvgIpc) is 3.11. The smallest absolute Gasteiger partial charge is 0.191 e. The molecule has 6 nitrogen and oxygen atoms in total. The maximum Gasteiger partial charge on any atom is 0.191 e. The second-order valence-corrected chi connectivity index (χ2v) is 6.32. The number of guanidine groups is 1. The molecule has 1 aliphatic rings. The summed E-state index contributed by atoms with van der Waals surface area (Å²) in [6.45, 7) is 8.52. The van der Waals surface area contributed by atoms with Gasteiger partial charge in [-0.05, 0) is 50.6 Å². The first-order chi connectivity index (χ1) is 12.2. The van der Waals surface area contributed by atoms with Crippen molar-refractivity contribution in [3.63, 3.8) is 0 Å². The van der Waals surface area contributed by atoms with Crippen LogP contribution in [0.1, 0.15) is 38.4 Å². The van der Waals surface area contributed by atoms with E-state index < -0.39 is 6.10 Å². The minimum atomic E-state index is -0.649. The summed E-state index contributed by atoms with van der Waals surface area (Å²) >= 11 is 0. The Balaban J connectivity index is 1.91. The third kappa shape index (κ3) is 5.90. The molecule has 0 aromatic heterocycles. The van der Waals surface area contributed by atoms with Gasteiger partial charge in [-0.2, -0.15) is 0 Å². The minimum absolute atomic E-state index is 0.310. The van der Waals surface area contributed by atoms with E-state index in [1.807, 2.05) is 31.2 Å². The first-order valence-corrected chi connectivity index (χ1v) is 9.26. The molecule has 1 aromatic carbocycles. The number of hydrogen-bond acceptors (Lipinski definition) is 4. The maximum absolute atomic E-state index is 10.4. The molecule has 1 heterocycles. The number of aliphatic hydroxyl groups is 1. The van der Waals surface area contributed by atoms with Crippen molar-refractivity contribution in [2.75, 3.05) is 39.8 Å². The Bertz CT molecular complexity index is 550. The summed E-state index contributed by atoms with van der Waals surface area (Å²) < 4.78 is 5.21. The number of rotatable bonds is 8. The van der Waals surface area contributed by atoms with Gasteiger partial charge in [-0.25, -0.2) is 0 Å². The zero-order valence-electron chi connectivity index (χ0n) is 15.7. The number of ether oxygens (including phenoxy) is 1. The van der Waals surface area contributed by atoms with Gasteiger partial charge in [0.15, 0.2) is 5.96 Å². The highest BCUT2D eigenvalue weighted by Gasteiger charge is 2.22. The van der Waals surface area contributed by atoms with E-state index in [1.165, 1.54) is 19.4 Å². The van der Waals surface area contributed by atoms with Crippen molar-refractivity contribution in [3.8, 4) is 5.75 Å². The van der Waals surface area contributed by atoms with Crippen molar-refractivity contribution < 1.29 is 9.84 Å². The highest BCUT2D eigenvalue weighted by Crippen LogP contribution is 2.19. The topological polar surface area (TPSA) is 69.1 Å². The van der Waals surface area contributed by atoms with Gasteiger partial charge >= 0.3 is 0 Å². The fourth-order valence-electron chi connectivity index (χ4n) is 3.23. The minimum Gasteiger partial charge on any atom is -0.497 e. The van der Waals surface area contributed by atoms with E-state index in [0.717, 1.165) is 36.9 Å². The molecule has 0 spiro atoms. The molecule has 0 radical (unpaired) electrons. The number of aliphatic hydroxyl groups excluding tert-OH is 1. The van der Waals surface area contributed by atoms with Gasteiger partial charge in [0.25, 0.3) is 0 Å². The Labute approximate surface area is 151 Å². The van der Waals surface area contributed by atoms with Gasteiger partial charge in [0.1, 0.15) is 5.75 Å². The van der Waals surface area contributed by atoms with Gasteiger partial charge in [0, 0.05) is 19.1 Å². The van der Waals surface area contributed by atoms with Crippen LogP contribution in [-0.2, 0) is 0 Å². The average molecular weight is 348 g/mol. The molecule has 1 aliphatic heterocycles. The van der Waals surface area contributed by atoms with E-state index in [9.17, 15) is 5.11 Å². The Morgan fingerprint density at radius 1 is 1.40 bits per heavy atom. The fourth-order valence-corrected chi connectivity index (χ4v) is 3.23. The van der Waals surface area contributed by atoms with Crippen molar-refractivity contribution in [3.05, 3.63) is 29.8 Å². The maximum atomic E-state index is 10.4. The predicted molar refractivity (Wildman–Crippen MR) is 102 cm³/mol. The number of hydrogen-bond donors (Lipinski definition) is 3. The summed E-state index contributed by atoms with van der Waals surface area (Å²) in [5.41, 5.74) is 0.812. The Hall–Kier alpha value is -1.79. The Morgan fingerprint density at radius 3 is 2.96 bits per heavy atom. The predicted octanol–water partition coefficient (Wildman–Crippen LogP) is 1.77. The van der Waals surface area contributed by atoms with Gasteiger partial charge in [-0.3, -0.25) is 9.89 Å². The van der Waals surface area contributed by atoms with E-state index in [4.69, 9.17) is 4.74 Å². The van der Waals surface area contributed by atoms with Crippen LogP contribution in [0.4, 0.5) is 0 Å². The lowest BCUT2D eigenvalue weighted by Gasteiger charge is -2.24. The molecule has 6 heteroatoms. The standard InChI is InChI=1S/C19H32N4O2/c1-4-20-19(21-13-16-9-7-11-23(16)5-2)22-14-18(24)15-8-6-10-17(12-15)25-3/h6,8,10,12,16,18,24H,4-5,7,9,11,13-14H2,1-3H3,(H2,20,21,22). The first-order valence-electron chi connectivity index (χ1n) is 9.26. The molecule has 0 amide bonds. The second kappa shape index (κ2) is 10.3. The van der Waals surface area contributed by atoms with Crippen LogP contribution in [0.15, 0.2) is 29.3 Å². The van der Waals surface area contributed by atoms with E-state index in [2.05, 4.69) is 27.4 Å². The van der Waals surface area contributed by atoms with Crippen LogP contribution in [-0.4, -0.2) is 61.8 Å². The van der Waals surface area contributed by atoms with Gasteiger partial charge in [-0.1, -0.05) is 19.1 Å². The molecule has 140 valence electrons. The van der Waals surface area contributed by atoms with Crippen LogP contribution in [0.3, 0.4) is 0 Å². The largest absolute Gasteiger partial charge is 0.497 e. The van der Waals surface area contributed by atoms with Crippen LogP contribution < -0.4 is 15.4 Å². The van der Waals surface area contributed by atoms with Crippen molar-refractivity contribution >= 4 is 5.96 Å². The molecule has 2 unspecified atom stereocenters. The molecule has 0 bridgehead atoms. The fraction of sp³-hybridized carbons (Fsp3) is 0.632. The van der Waals surface area contributed by atoms with E-state index >= 15 is 0 Å². The van der Waals surface area contributed by atoms with E-state index in [1.54, 1.807) is 7.11 Å². The molecule has 2 rings (SSSR count). The third-order valence-electron chi connectivity index (χ3n) is 4.66. The van der Waals surface area contributed by atoms with Gasteiger partial charge in [0.2, 0.25) is 0 Å². The van der Waals surface area contributed by atoms with Crippen LogP contribution in [0.5, 0.6) is 5.75 Å². The number of likely N-dealkylation sites (tertiary alicyclic amines) is 1. The quantitative estimate of drug-likeness (QED) is 0.493. The highest BCUT2D eigenvalue weighted by atomic mass is 16.5. The molecule has 25 heavy (non-hydrogen) atoms.